The van der Waals surface area contributed by atoms with Crippen LogP contribution in [0.3, 0.4) is 0 Å². The Bertz CT molecular complexity index is 1560. The summed E-state index contributed by atoms with van der Waals surface area (Å²) >= 11 is 1.22. The first-order valence-corrected chi connectivity index (χ1v) is 13.3. The second kappa shape index (κ2) is 10.8. The van der Waals surface area contributed by atoms with Crippen molar-refractivity contribution in [2.45, 2.75) is 26.3 Å². The maximum Gasteiger partial charge on any atom is 0.296 e. The van der Waals surface area contributed by atoms with Crippen LogP contribution in [-0.4, -0.2) is 42.6 Å². The summed E-state index contributed by atoms with van der Waals surface area (Å²) in [5.41, 5.74) is 0.808. The Morgan fingerprint density at radius 2 is 1.92 bits per heavy atom. The molecule has 1 aliphatic heterocycles. The van der Waals surface area contributed by atoms with Gasteiger partial charge in [-0.05, 0) is 42.2 Å². The Morgan fingerprint density at radius 1 is 1.13 bits per heavy atom. The quantitative estimate of drug-likeness (QED) is 0.236. The molecule has 0 saturated carbocycles. The summed E-state index contributed by atoms with van der Waals surface area (Å²) in [4.78, 5) is 32.8. The van der Waals surface area contributed by atoms with E-state index in [1.165, 1.54) is 30.5 Å². The number of aliphatic hydroxyl groups is 1. The largest absolute Gasteiger partial charge is 0.503 e. The van der Waals surface area contributed by atoms with Crippen LogP contribution in [0.25, 0.3) is 11.0 Å². The van der Waals surface area contributed by atoms with E-state index >= 15 is 0 Å². The van der Waals surface area contributed by atoms with Gasteiger partial charge >= 0.3 is 0 Å². The number of para-hydroxylation sites is 1. The molecule has 4 aromatic rings. The first-order chi connectivity index (χ1) is 18.8. The monoisotopic (exact) mass is 548 g/mol. The number of furan rings is 1. The standard InChI is InChI=1S/C29H28N2O7S/c1-16(2)10-12-37-19-9-8-17(14-21(19)36-4)24-23(26(33)28(34)31(24)29-30-11-13-39-29)25(32)22-15-18-6-5-7-20(35-3)27(18)38-22/h5-9,11,13-16,24,33H,10,12H2,1-4H3. The Kier molecular flexibility index (Phi) is 7.30. The number of benzene rings is 2. The van der Waals surface area contributed by atoms with E-state index in [1.54, 1.807) is 54.0 Å². The number of rotatable bonds is 10. The lowest BCUT2D eigenvalue weighted by atomic mass is 9.95. The Hall–Kier alpha value is -4.31. The Labute approximate surface area is 229 Å². The molecule has 0 fully saturated rings. The van der Waals surface area contributed by atoms with Crippen LogP contribution in [0.1, 0.15) is 42.4 Å². The summed E-state index contributed by atoms with van der Waals surface area (Å²) in [7, 11) is 3.03. The van der Waals surface area contributed by atoms with Crippen molar-refractivity contribution in [1.82, 2.24) is 4.98 Å². The number of aromatic nitrogens is 1. The number of hydrogen-bond acceptors (Lipinski definition) is 9. The van der Waals surface area contributed by atoms with Gasteiger partial charge in [-0.1, -0.05) is 32.0 Å². The lowest BCUT2D eigenvalue weighted by molar-refractivity contribution is -0.117. The molecule has 202 valence electrons. The van der Waals surface area contributed by atoms with Crippen LogP contribution in [0.15, 0.2) is 69.8 Å². The van der Waals surface area contributed by atoms with Gasteiger partial charge in [0.2, 0.25) is 5.78 Å². The Morgan fingerprint density at radius 3 is 2.62 bits per heavy atom. The average molecular weight is 549 g/mol. The van der Waals surface area contributed by atoms with Crippen molar-refractivity contribution in [2.75, 3.05) is 25.7 Å². The van der Waals surface area contributed by atoms with Crippen LogP contribution in [0.4, 0.5) is 5.13 Å². The van der Waals surface area contributed by atoms with E-state index in [4.69, 9.17) is 18.6 Å². The smallest absolute Gasteiger partial charge is 0.296 e. The normalized spacial score (nSPS) is 15.5. The number of Topliss-reactive ketones (excluding diaryl/α,β-unsaturated/α-hetero) is 1. The lowest BCUT2D eigenvalue weighted by Crippen LogP contribution is -2.31. The van der Waals surface area contributed by atoms with E-state index in [0.717, 1.165) is 6.42 Å². The summed E-state index contributed by atoms with van der Waals surface area (Å²) in [5, 5.41) is 13.7. The maximum atomic E-state index is 13.9. The number of ether oxygens (including phenoxy) is 3. The predicted octanol–water partition coefficient (Wildman–Crippen LogP) is 6.11. The fraction of sp³-hybridized carbons (Fsp3) is 0.276. The Balaban J connectivity index is 1.59. The summed E-state index contributed by atoms with van der Waals surface area (Å²) in [6.45, 7) is 4.74. The van der Waals surface area contributed by atoms with E-state index in [2.05, 4.69) is 18.8 Å². The van der Waals surface area contributed by atoms with Crippen LogP contribution in [-0.2, 0) is 4.79 Å². The first-order valence-electron chi connectivity index (χ1n) is 12.4. The number of anilines is 1. The molecule has 0 bridgehead atoms. The molecule has 0 radical (unpaired) electrons. The summed E-state index contributed by atoms with van der Waals surface area (Å²) in [6, 6.07) is 11.1. The molecule has 0 saturated heterocycles. The van der Waals surface area contributed by atoms with Crippen molar-refractivity contribution >= 4 is 39.1 Å². The highest BCUT2D eigenvalue weighted by atomic mass is 32.1. The third-order valence-corrected chi connectivity index (χ3v) is 7.26. The number of carbonyl (C=O) groups excluding carboxylic acids is 2. The number of nitrogens with zero attached hydrogens (tertiary/aromatic N) is 2. The zero-order chi connectivity index (χ0) is 27.7. The van der Waals surface area contributed by atoms with Crippen molar-refractivity contribution in [3.63, 3.8) is 0 Å². The average Bonchev–Trinajstić information content (AvgIpc) is 3.67. The molecule has 39 heavy (non-hydrogen) atoms. The molecule has 5 rings (SSSR count). The lowest BCUT2D eigenvalue weighted by Gasteiger charge is -2.25. The molecule has 2 aromatic carbocycles. The zero-order valence-electron chi connectivity index (χ0n) is 22.0. The van der Waals surface area contributed by atoms with Crippen LogP contribution in [0.5, 0.6) is 17.2 Å². The zero-order valence-corrected chi connectivity index (χ0v) is 22.8. The van der Waals surface area contributed by atoms with Gasteiger partial charge in [0.15, 0.2) is 39.5 Å². The van der Waals surface area contributed by atoms with E-state index < -0.39 is 23.5 Å². The van der Waals surface area contributed by atoms with Gasteiger partial charge in [0.25, 0.3) is 5.91 Å². The van der Waals surface area contributed by atoms with Gasteiger partial charge in [0.1, 0.15) is 0 Å². The number of ketones is 1. The number of carbonyl (C=O) groups is 2. The highest BCUT2D eigenvalue weighted by Gasteiger charge is 2.46. The number of amides is 1. The van der Waals surface area contributed by atoms with Crippen molar-refractivity contribution < 1.29 is 33.3 Å². The number of hydrogen-bond donors (Lipinski definition) is 1. The maximum absolute atomic E-state index is 13.9. The molecule has 1 atom stereocenters. The number of thiazole rings is 1. The number of fused-ring (bicyclic) bond motifs is 1. The van der Waals surface area contributed by atoms with E-state index in [1.807, 2.05) is 0 Å². The van der Waals surface area contributed by atoms with Gasteiger partial charge in [-0.2, -0.15) is 0 Å². The van der Waals surface area contributed by atoms with Crippen LogP contribution in [0.2, 0.25) is 0 Å². The summed E-state index contributed by atoms with van der Waals surface area (Å²) in [6.07, 6.45) is 2.43. The van der Waals surface area contributed by atoms with E-state index in [0.29, 0.717) is 51.4 Å². The minimum absolute atomic E-state index is 0.0320. The van der Waals surface area contributed by atoms with Gasteiger partial charge in [-0.3, -0.25) is 14.5 Å². The third-order valence-electron chi connectivity index (χ3n) is 6.49. The van der Waals surface area contributed by atoms with Gasteiger partial charge in [0.05, 0.1) is 32.4 Å². The van der Waals surface area contributed by atoms with Crippen molar-refractivity contribution in [1.29, 1.82) is 0 Å². The van der Waals surface area contributed by atoms with Gasteiger partial charge in [-0.25, -0.2) is 4.98 Å². The van der Waals surface area contributed by atoms with E-state index in [-0.39, 0.29) is 11.3 Å². The molecule has 2 aromatic heterocycles. The summed E-state index contributed by atoms with van der Waals surface area (Å²) in [5.74, 6) is -0.133. The highest BCUT2D eigenvalue weighted by Crippen LogP contribution is 2.45. The molecule has 3 heterocycles. The fourth-order valence-electron chi connectivity index (χ4n) is 4.50. The number of aliphatic hydroxyl groups excluding tert-OH is 1. The highest BCUT2D eigenvalue weighted by molar-refractivity contribution is 7.13. The molecule has 1 amide bonds. The minimum Gasteiger partial charge on any atom is -0.503 e. The molecule has 1 unspecified atom stereocenters. The first kappa shape index (κ1) is 26.3. The van der Waals surface area contributed by atoms with Gasteiger partial charge < -0.3 is 23.7 Å². The fourth-order valence-corrected chi connectivity index (χ4v) is 5.17. The summed E-state index contributed by atoms with van der Waals surface area (Å²) < 4.78 is 22.8. The SMILES string of the molecule is COc1cc(C2C(C(=O)c3cc4cccc(OC)c4o3)=C(O)C(=O)N2c2nccs2)ccc1OCCC(C)C. The van der Waals surface area contributed by atoms with Gasteiger partial charge in [0, 0.05) is 17.0 Å². The molecule has 0 spiro atoms. The van der Waals surface area contributed by atoms with Crippen LogP contribution < -0.4 is 19.1 Å². The van der Waals surface area contributed by atoms with Crippen LogP contribution >= 0.6 is 11.3 Å². The molecule has 1 N–H and O–H groups in total. The second-order valence-electron chi connectivity index (χ2n) is 9.41. The molecule has 10 heteroatoms. The molecule has 9 nitrogen and oxygen atoms in total. The topological polar surface area (TPSA) is 111 Å². The molecule has 0 aliphatic carbocycles. The molecule has 1 aliphatic rings. The van der Waals surface area contributed by atoms with Gasteiger partial charge in [-0.15, -0.1) is 11.3 Å². The van der Waals surface area contributed by atoms with Crippen molar-refractivity contribution in [3.05, 3.63) is 76.7 Å². The molecular weight excluding hydrogens is 520 g/mol. The molecular formula is C29H28N2O7S. The minimum atomic E-state index is -0.982. The second-order valence-corrected chi connectivity index (χ2v) is 10.3. The van der Waals surface area contributed by atoms with E-state index in [9.17, 15) is 14.7 Å². The van der Waals surface area contributed by atoms with Crippen LogP contribution in [0, 0.1) is 5.92 Å². The van der Waals surface area contributed by atoms with Crippen molar-refractivity contribution in [3.8, 4) is 17.2 Å². The number of methoxy groups -OCH3 is 2. The predicted molar refractivity (Wildman–Crippen MR) is 147 cm³/mol. The van der Waals surface area contributed by atoms with Crippen molar-refractivity contribution in [2.24, 2.45) is 5.92 Å². The third kappa shape index (κ3) is 4.83.